The lowest BCUT2D eigenvalue weighted by Gasteiger charge is -2.11. The van der Waals surface area contributed by atoms with E-state index in [4.69, 9.17) is 10.4 Å². The average Bonchev–Trinajstić information content (AvgIpc) is 2.12. The number of pyridine rings is 1. The van der Waals surface area contributed by atoms with Crippen molar-refractivity contribution < 1.29 is 26.3 Å². The number of ether oxygens (including phenoxy) is 1. The molecule has 2 N–H and O–H groups in total. The van der Waals surface area contributed by atoms with Gasteiger partial charge in [0.15, 0.2) is 5.75 Å². The molecule has 0 saturated carbocycles. The number of aromatic nitrogens is 1. The molecule has 0 aromatic carbocycles. The number of hydrogen-bond acceptors (Lipinski definition) is 5. The summed E-state index contributed by atoms with van der Waals surface area (Å²) in [6.45, 7) is 0. The van der Waals surface area contributed by atoms with Crippen LogP contribution in [0.15, 0.2) is 17.3 Å². The number of nitrogens with zero attached hydrogens (tertiary/aromatic N) is 2. The van der Waals surface area contributed by atoms with Gasteiger partial charge in [0, 0.05) is 6.20 Å². The molecule has 0 unspecified atom stereocenters. The summed E-state index contributed by atoms with van der Waals surface area (Å²) in [6.07, 6.45) is -3.84. The molecule has 1 heterocycles. The summed E-state index contributed by atoms with van der Waals surface area (Å²) in [4.78, 5) is 2.20. The highest BCUT2D eigenvalue weighted by Gasteiger charge is 2.34. The Hall–Kier alpha value is -1.86. The van der Waals surface area contributed by atoms with Crippen molar-refractivity contribution in [3.63, 3.8) is 0 Å². The molecule has 0 aliphatic carbocycles. The van der Waals surface area contributed by atoms with Gasteiger partial charge in [-0.1, -0.05) is 0 Å². The number of hydrogen-bond donors (Lipinski definition) is 1. The van der Waals surface area contributed by atoms with Crippen LogP contribution in [0.3, 0.4) is 0 Å². The van der Waals surface area contributed by atoms with E-state index in [-0.39, 0.29) is 0 Å². The van der Waals surface area contributed by atoms with E-state index < -0.39 is 32.6 Å². The quantitative estimate of drug-likeness (QED) is 0.839. The maximum absolute atomic E-state index is 12.0. The van der Waals surface area contributed by atoms with Gasteiger partial charge in [-0.3, -0.25) is 4.98 Å². The van der Waals surface area contributed by atoms with Crippen molar-refractivity contribution >= 4 is 10.0 Å². The van der Waals surface area contributed by atoms with Crippen LogP contribution in [0, 0.1) is 11.3 Å². The molecule has 0 spiro atoms. The van der Waals surface area contributed by atoms with Gasteiger partial charge in [-0.2, -0.15) is 5.26 Å². The fourth-order valence-corrected chi connectivity index (χ4v) is 1.78. The van der Waals surface area contributed by atoms with Gasteiger partial charge < -0.3 is 4.74 Å². The summed E-state index contributed by atoms with van der Waals surface area (Å²) < 4.78 is 61.5. The summed E-state index contributed by atoms with van der Waals surface area (Å²) in [5.41, 5.74) is -0.630. The lowest BCUT2D eigenvalue weighted by Crippen LogP contribution is -2.22. The van der Waals surface area contributed by atoms with Crippen molar-refractivity contribution in [2.45, 2.75) is 11.3 Å². The second-order valence-corrected chi connectivity index (χ2v) is 4.22. The third-order valence-corrected chi connectivity index (χ3v) is 2.48. The number of halogens is 3. The summed E-state index contributed by atoms with van der Waals surface area (Å²) in [6, 6.07) is 1.36. The first-order valence-electron chi connectivity index (χ1n) is 3.82. The van der Waals surface area contributed by atoms with Crippen LogP contribution < -0.4 is 9.88 Å². The second kappa shape index (κ2) is 4.19. The summed E-state index contributed by atoms with van der Waals surface area (Å²) in [7, 11) is -4.54. The van der Waals surface area contributed by atoms with Crippen molar-refractivity contribution in [1.82, 2.24) is 4.98 Å². The third kappa shape index (κ3) is 3.30. The molecule has 1 aromatic heterocycles. The Kier molecular flexibility index (Phi) is 3.25. The van der Waals surface area contributed by atoms with Crippen LogP contribution in [0.4, 0.5) is 13.2 Å². The highest BCUT2D eigenvalue weighted by Crippen LogP contribution is 2.30. The normalized spacial score (nSPS) is 11.9. The van der Waals surface area contributed by atoms with Crippen LogP contribution in [0.1, 0.15) is 5.56 Å². The van der Waals surface area contributed by atoms with Gasteiger partial charge >= 0.3 is 6.36 Å². The predicted molar refractivity (Wildman–Crippen MR) is 47.0 cm³/mol. The largest absolute Gasteiger partial charge is 0.573 e. The Morgan fingerprint density at radius 3 is 2.41 bits per heavy atom. The number of nitriles is 1. The van der Waals surface area contributed by atoms with Gasteiger partial charge in [-0.15, -0.1) is 13.2 Å². The van der Waals surface area contributed by atoms with E-state index >= 15 is 0 Å². The van der Waals surface area contributed by atoms with Crippen molar-refractivity contribution in [3.8, 4) is 11.8 Å². The van der Waals surface area contributed by atoms with Crippen molar-refractivity contribution in [2.75, 3.05) is 0 Å². The minimum Gasteiger partial charge on any atom is -0.403 e. The first kappa shape index (κ1) is 13.2. The van der Waals surface area contributed by atoms with Crippen LogP contribution >= 0.6 is 0 Å². The highest BCUT2D eigenvalue weighted by atomic mass is 32.2. The maximum atomic E-state index is 12.0. The van der Waals surface area contributed by atoms with Crippen LogP contribution in [-0.4, -0.2) is 19.8 Å². The zero-order valence-corrected chi connectivity index (χ0v) is 8.71. The first-order chi connectivity index (χ1) is 7.65. The summed E-state index contributed by atoms with van der Waals surface area (Å²) in [5, 5.41) is 13.3. The molecule has 0 fully saturated rings. The molecule has 17 heavy (non-hydrogen) atoms. The SMILES string of the molecule is N#Cc1cncc(OC(F)(F)F)c1S(N)(=O)=O. The smallest absolute Gasteiger partial charge is 0.403 e. The Labute approximate surface area is 93.5 Å². The Balaban J connectivity index is 3.48. The van der Waals surface area contributed by atoms with E-state index in [1.165, 1.54) is 6.07 Å². The molecule has 0 saturated heterocycles. The van der Waals surface area contributed by atoms with E-state index in [0.29, 0.717) is 6.20 Å². The Bertz CT molecular complexity index is 576. The molecule has 92 valence electrons. The molecule has 0 radical (unpaired) electrons. The van der Waals surface area contributed by atoms with Crippen molar-refractivity contribution in [1.29, 1.82) is 5.26 Å². The van der Waals surface area contributed by atoms with E-state index in [1.54, 1.807) is 0 Å². The summed E-state index contributed by atoms with van der Waals surface area (Å²) in [5.74, 6) is -1.14. The van der Waals surface area contributed by atoms with E-state index in [1.807, 2.05) is 0 Å². The maximum Gasteiger partial charge on any atom is 0.573 e. The standard InChI is InChI=1S/C7H4F3N3O3S/c8-7(9,10)16-5-3-13-2-4(1-11)6(5)17(12,14)15/h2-3H,(H2,12,14,15). The van der Waals surface area contributed by atoms with E-state index in [2.05, 4.69) is 9.72 Å². The van der Waals surface area contributed by atoms with Gasteiger partial charge in [0.25, 0.3) is 0 Å². The number of primary sulfonamides is 1. The highest BCUT2D eigenvalue weighted by molar-refractivity contribution is 7.89. The Morgan fingerprint density at radius 2 is 2.00 bits per heavy atom. The minimum absolute atomic E-state index is 0.508. The second-order valence-electron chi connectivity index (χ2n) is 2.72. The number of nitrogens with two attached hydrogens (primary N) is 1. The molecule has 0 bridgehead atoms. The molecule has 0 atom stereocenters. The lowest BCUT2D eigenvalue weighted by atomic mass is 10.3. The van der Waals surface area contributed by atoms with Crippen LogP contribution in [0.5, 0.6) is 5.75 Å². The zero-order valence-electron chi connectivity index (χ0n) is 7.89. The molecule has 10 heteroatoms. The average molecular weight is 267 g/mol. The lowest BCUT2D eigenvalue weighted by molar-refractivity contribution is -0.275. The fraction of sp³-hybridized carbons (Fsp3) is 0.143. The van der Waals surface area contributed by atoms with Crippen LogP contribution in [0.25, 0.3) is 0 Å². The molecule has 1 aromatic rings. The van der Waals surface area contributed by atoms with Crippen LogP contribution in [-0.2, 0) is 10.0 Å². The van der Waals surface area contributed by atoms with Crippen LogP contribution in [0.2, 0.25) is 0 Å². The van der Waals surface area contributed by atoms with Gasteiger partial charge in [-0.05, 0) is 0 Å². The molecule has 1 rings (SSSR count). The molecule has 0 aliphatic rings. The molecular formula is C7H4F3N3O3S. The third-order valence-electron chi connectivity index (χ3n) is 1.49. The topological polar surface area (TPSA) is 106 Å². The monoisotopic (exact) mass is 267 g/mol. The summed E-state index contributed by atoms with van der Waals surface area (Å²) >= 11 is 0. The molecular weight excluding hydrogens is 263 g/mol. The van der Waals surface area contributed by atoms with E-state index in [0.717, 1.165) is 6.20 Å². The number of sulfonamides is 1. The van der Waals surface area contributed by atoms with Gasteiger partial charge in [0.1, 0.15) is 11.0 Å². The molecule has 0 amide bonds. The zero-order chi connectivity index (χ0) is 13.3. The number of alkyl halides is 3. The predicted octanol–water partition coefficient (Wildman–Crippen LogP) is 0.499. The fourth-order valence-electron chi connectivity index (χ4n) is 1.000. The van der Waals surface area contributed by atoms with Gasteiger partial charge in [0.2, 0.25) is 10.0 Å². The first-order valence-corrected chi connectivity index (χ1v) is 5.36. The van der Waals surface area contributed by atoms with Crippen molar-refractivity contribution in [2.24, 2.45) is 5.14 Å². The molecule has 6 nitrogen and oxygen atoms in total. The minimum atomic E-state index is -5.12. The van der Waals surface area contributed by atoms with Gasteiger partial charge in [-0.25, -0.2) is 13.6 Å². The van der Waals surface area contributed by atoms with E-state index in [9.17, 15) is 21.6 Å². The molecule has 0 aliphatic heterocycles. The van der Waals surface area contributed by atoms with Gasteiger partial charge in [0.05, 0.1) is 11.8 Å². The van der Waals surface area contributed by atoms with Crippen molar-refractivity contribution in [3.05, 3.63) is 18.0 Å². The Morgan fingerprint density at radius 1 is 1.41 bits per heavy atom. The number of rotatable bonds is 2.